The predicted octanol–water partition coefficient (Wildman–Crippen LogP) is 2.29. The molecule has 110 valence electrons. The Hall–Kier alpha value is -1.62. The smallest absolute Gasteiger partial charge is 0.254 e. The number of nitrogens with two attached hydrogens (primary N) is 1. The topological polar surface area (TPSA) is 55.6 Å². The summed E-state index contributed by atoms with van der Waals surface area (Å²) in [6.07, 6.45) is 2.29. The molecule has 20 heavy (non-hydrogen) atoms. The number of nitrogen functional groups attached to an aromatic ring is 1. The molecule has 1 aliphatic carbocycles. The fraction of sp³-hybridized carbons (Fsp3) is 0.533. The number of carbonyl (C=O) groups excluding carboxylic acids is 1. The summed E-state index contributed by atoms with van der Waals surface area (Å²) in [5.74, 6) is -0.170. The first kappa shape index (κ1) is 14.8. The number of anilines is 1. The van der Waals surface area contributed by atoms with Gasteiger partial charge in [0.05, 0.1) is 12.3 Å². The van der Waals surface area contributed by atoms with Gasteiger partial charge in [-0.2, -0.15) is 0 Å². The van der Waals surface area contributed by atoms with E-state index in [0.717, 1.165) is 12.8 Å². The predicted molar refractivity (Wildman–Crippen MR) is 75.9 cm³/mol. The first-order valence-electron chi connectivity index (χ1n) is 6.89. The molecular weight excluding hydrogens is 259 g/mol. The van der Waals surface area contributed by atoms with Crippen molar-refractivity contribution in [1.82, 2.24) is 4.90 Å². The number of amides is 1. The van der Waals surface area contributed by atoms with Crippen molar-refractivity contribution in [2.75, 3.05) is 26.0 Å². The van der Waals surface area contributed by atoms with Gasteiger partial charge in [-0.05, 0) is 43.9 Å². The van der Waals surface area contributed by atoms with Crippen LogP contribution in [0, 0.1) is 11.7 Å². The summed E-state index contributed by atoms with van der Waals surface area (Å²) in [7, 11) is 1.60. The number of halogens is 1. The van der Waals surface area contributed by atoms with E-state index in [2.05, 4.69) is 0 Å². The first-order chi connectivity index (χ1) is 9.54. The van der Waals surface area contributed by atoms with E-state index in [1.165, 1.54) is 12.1 Å². The van der Waals surface area contributed by atoms with E-state index in [1.54, 1.807) is 18.1 Å². The third-order valence-corrected chi connectivity index (χ3v) is 3.84. The molecule has 0 spiro atoms. The SMILES string of the molecule is COCCN(C(=O)c1ccc(N)c(F)c1)C(C)C1CC1. The Morgan fingerprint density at radius 1 is 1.55 bits per heavy atom. The normalized spacial score (nSPS) is 15.9. The largest absolute Gasteiger partial charge is 0.396 e. The second-order valence-corrected chi connectivity index (χ2v) is 5.31. The van der Waals surface area contributed by atoms with E-state index >= 15 is 0 Å². The Labute approximate surface area is 118 Å². The first-order valence-corrected chi connectivity index (χ1v) is 6.89. The van der Waals surface area contributed by atoms with E-state index in [1.807, 2.05) is 6.92 Å². The number of hydrogen-bond donors (Lipinski definition) is 1. The van der Waals surface area contributed by atoms with Crippen molar-refractivity contribution in [3.05, 3.63) is 29.6 Å². The maximum absolute atomic E-state index is 13.5. The molecule has 1 saturated carbocycles. The number of benzene rings is 1. The number of methoxy groups -OCH3 is 1. The fourth-order valence-corrected chi connectivity index (χ4v) is 2.34. The summed E-state index contributed by atoms with van der Waals surface area (Å²) >= 11 is 0. The molecule has 4 nitrogen and oxygen atoms in total. The average Bonchev–Trinajstić information content (AvgIpc) is 3.26. The summed E-state index contributed by atoms with van der Waals surface area (Å²) in [5, 5.41) is 0. The zero-order valence-corrected chi connectivity index (χ0v) is 11.9. The average molecular weight is 280 g/mol. The fourth-order valence-electron chi connectivity index (χ4n) is 2.34. The molecule has 1 aliphatic rings. The van der Waals surface area contributed by atoms with Crippen molar-refractivity contribution in [3.8, 4) is 0 Å². The van der Waals surface area contributed by atoms with Gasteiger partial charge < -0.3 is 15.4 Å². The van der Waals surface area contributed by atoms with Crippen LogP contribution < -0.4 is 5.73 Å². The zero-order valence-electron chi connectivity index (χ0n) is 11.9. The van der Waals surface area contributed by atoms with Crippen LogP contribution >= 0.6 is 0 Å². The second kappa shape index (κ2) is 6.22. The number of carbonyl (C=O) groups is 1. The minimum Gasteiger partial charge on any atom is -0.396 e. The van der Waals surface area contributed by atoms with Crippen LogP contribution in [0.3, 0.4) is 0 Å². The highest BCUT2D eigenvalue weighted by molar-refractivity contribution is 5.94. The molecule has 1 aromatic carbocycles. The van der Waals surface area contributed by atoms with Crippen LogP contribution in [0.15, 0.2) is 18.2 Å². The van der Waals surface area contributed by atoms with Gasteiger partial charge in [-0.3, -0.25) is 4.79 Å². The molecule has 1 unspecified atom stereocenters. The van der Waals surface area contributed by atoms with Crippen molar-refractivity contribution >= 4 is 11.6 Å². The number of nitrogens with zero attached hydrogens (tertiary/aromatic N) is 1. The van der Waals surface area contributed by atoms with Gasteiger partial charge in [-0.15, -0.1) is 0 Å². The lowest BCUT2D eigenvalue weighted by Crippen LogP contribution is -2.42. The Bertz CT molecular complexity index is 489. The monoisotopic (exact) mass is 280 g/mol. The molecule has 5 heteroatoms. The molecule has 0 bridgehead atoms. The molecule has 1 aromatic rings. The summed E-state index contributed by atoms with van der Waals surface area (Å²) in [6.45, 7) is 3.03. The molecule has 0 aliphatic heterocycles. The van der Waals surface area contributed by atoms with Crippen LogP contribution in [0.1, 0.15) is 30.1 Å². The molecular formula is C15H21FN2O2. The highest BCUT2D eigenvalue weighted by Crippen LogP contribution is 2.35. The Balaban J connectivity index is 2.17. The maximum atomic E-state index is 13.5. The van der Waals surface area contributed by atoms with Crippen molar-refractivity contribution in [2.24, 2.45) is 5.92 Å². The highest BCUT2D eigenvalue weighted by Gasteiger charge is 2.34. The molecule has 2 N–H and O–H groups in total. The Morgan fingerprint density at radius 3 is 2.80 bits per heavy atom. The molecule has 0 heterocycles. The van der Waals surface area contributed by atoms with Crippen molar-refractivity contribution in [3.63, 3.8) is 0 Å². The van der Waals surface area contributed by atoms with Gasteiger partial charge in [0.25, 0.3) is 5.91 Å². The van der Waals surface area contributed by atoms with Crippen LogP contribution in [0.5, 0.6) is 0 Å². The quantitative estimate of drug-likeness (QED) is 0.813. The van der Waals surface area contributed by atoms with Crippen LogP contribution in [0.25, 0.3) is 0 Å². The number of rotatable bonds is 6. The van der Waals surface area contributed by atoms with Crippen LogP contribution in [-0.4, -0.2) is 37.1 Å². The minimum absolute atomic E-state index is 0.0558. The Morgan fingerprint density at radius 2 is 2.25 bits per heavy atom. The summed E-state index contributed by atoms with van der Waals surface area (Å²) < 4.78 is 18.6. The number of ether oxygens (including phenoxy) is 1. The lowest BCUT2D eigenvalue weighted by molar-refractivity contribution is 0.0594. The van der Waals surface area contributed by atoms with Gasteiger partial charge in [-0.25, -0.2) is 4.39 Å². The molecule has 1 atom stereocenters. The third-order valence-electron chi connectivity index (χ3n) is 3.84. The second-order valence-electron chi connectivity index (χ2n) is 5.31. The lowest BCUT2D eigenvalue weighted by atomic mass is 10.1. The van der Waals surface area contributed by atoms with Gasteiger partial charge in [0.15, 0.2) is 0 Å². The van der Waals surface area contributed by atoms with Gasteiger partial charge in [0.1, 0.15) is 5.82 Å². The standard InChI is InChI=1S/C15H21FN2O2/c1-10(11-3-4-11)18(7-8-20-2)15(19)12-5-6-14(17)13(16)9-12/h5-6,9-11H,3-4,7-8,17H2,1-2H3. The van der Waals surface area contributed by atoms with Crippen molar-refractivity contribution in [1.29, 1.82) is 0 Å². The zero-order chi connectivity index (χ0) is 14.7. The van der Waals surface area contributed by atoms with Crippen LogP contribution in [0.4, 0.5) is 10.1 Å². The highest BCUT2D eigenvalue weighted by atomic mass is 19.1. The Kier molecular flexibility index (Phi) is 4.60. The van der Waals surface area contributed by atoms with Crippen molar-refractivity contribution < 1.29 is 13.9 Å². The van der Waals surface area contributed by atoms with Gasteiger partial charge >= 0.3 is 0 Å². The van der Waals surface area contributed by atoms with Gasteiger partial charge in [-0.1, -0.05) is 0 Å². The molecule has 0 radical (unpaired) electrons. The summed E-state index contributed by atoms with van der Waals surface area (Å²) in [5.41, 5.74) is 5.83. The van der Waals surface area contributed by atoms with Crippen LogP contribution in [0.2, 0.25) is 0 Å². The molecule has 0 saturated heterocycles. The van der Waals surface area contributed by atoms with E-state index in [4.69, 9.17) is 10.5 Å². The minimum atomic E-state index is -0.554. The molecule has 1 amide bonds. The third kappa shape index (κ3) is 3.28. The summed E-state index contributed by atoms with van der Waals surface area (Å²) in [6, 6.07) is 4.36. The maximum Gasteiger partial charge on any atom is 0.254 e. The van der Waals surface area contributed by atoms with E-state index in [0.29, 0.717) is 24.6 Å². The van der Waals surface area contributed by atoms with E-state index in [-0.39, 0.29) is 17.6 Å². The number of hydrogen-bond acceptors (Lipinski definition) is 3. The molecule has 0 aromatic heterocycles. The van der Waals surface area contributed by atoms with Gasteiger partial charge in [0, 0.05) is 25.3 Å². The van der Waals surface area contributed by atoms with E-state index < -0.39 is 5.82 Å². The van der Waals surface area contributed by atoms with Crippen LogP contribution in [-0.2, 0) is 4.74 Å². The van der Waals surface area contributed by atoms with Gasteiger partial charge in [0.2, 0.25) is 0 Å². The molecule has 2 rings (SSSR count). The summed E-state index contributed by atoms with van der Waals surface area (Å²) in [4.78, 5) is 14.3. The van der Waals surface area contributed by atoms with Crippen molar-refractivity contribution in [2.45, 2.75) is 25.8 Å². The van der Waals surface area contributed by atoms with E-state index in [9.17, 15) is 9.18 Å². The molecule has 1 fully saturated rings. The lowest BCUT2D eigenvalue weighted by Gasteiger charge is -2.29.